The number of anilines is 1. The molecule has 0 saturated carbocycles. The van der Waals surface area contributed by atoms with Crippen LogP contribution in [-0.4, -0.2) is 53.1 Å². The topological polar surface area (TPSA) is 138 Å². The van der Waals surface area contributed by atoms with Gasteiger partial charge < -0.3 is 19.9 Å². The fourth-order valence-corrected chi connectivity index (χ4v) is 3.82. The zero-order chi connectivity index (χ0) is 24.4. The van der Waals surface area contributed by atoms with Crippen LogP contribution < -0.4 is 10.9 Å². The number of fused-ring (bicyclic) bond motifs is 1. The highest BCUT2D eigenvalue weighted by atomic mass is 16.3. The van der Waals surface area contributed by atoms with E-state index in [2.05, 4.69) is 20.4 Å². The minimum absolute atomic E-state index is 0.108. The van der Waals surface area contributed by atoms with E-state index >= 15 is 0 Å². The molecule has 0 aliphatic heterocycles. The largest absolute Gasteiger partial charge is 0.396 e. The fraction of sp³-hybridized carbons (Fsp3) is 0.333. The van der Waals surface area contributed by atoms with E-state index in [4.69, 9.17) is 0 Å². The molecule has 0 saturated heterocycles. The number of carbonyl (C=O) groups is 1. The van der Waals surface area contributed by atoms with Crippen LogP contribution in [0.4, 0.5) is 5.95 Å². The summed E-state index contributed by atoms with van der Waals surface area (Å²) in [5.74, 6) is -0.296. The number of aromatic amines is 1. The summed E-state index contributed by atoms with van der Waals surface area (Å²) < 4.78 is 3.19. The first kappa shape index (κ1) is 23.4. The second-order valence-corrected chi connectivity index (χ2v) is 8.48. The van der Waals surface area contributed by atoms with Gasteiger partial charge in [-0.1, -0.05) is 19.1 Å². The van der Waals surface area contributed by atoms with Crippen LogP contribution in [0.1, 0.15) is 29.4 Å². The van der Waals surface area contributed by atoms with Gasteiger partial charge in [0, 0.05) is 43.6 Å². The van der Waals surface area contributed by atoms with Crippen LogP contribution in [0.15, 0.2) is 47.4 Å². The molecule has 3 heterocycles. The van der Waals surface area contributed by atoms with Crippen LogP contribution in [0.3, 0.4) is 0 Å². The van der Waals surface area contributed by atoms with Crippen LogP contribution in [0.2, 0.25) is 0 Å². The summed E-state index contributed by atoms with van der Waals surface area (Å²) in [5.41, 5.74) is 3.02. The Morgan fingerprint density at radius 2 is 2.00 bits per heavy atom. The van der Waals surface area contributed by atoms with Gasteiger partial charge in [-0.25, -0.2) is 4.98 Å². The van der Waals surface area contributed by atoms with Crippen molar-refractivity contribution in [2.75, 3.05) is 11.9 Å². The van der Waals surface area contributed by atoms with Gasteiger partial charge in [-0.2, -0.15) is 0 Å². The first-order chi connectivity index (χ1) is 16.3. The second kappa shape index (κ2) is 9.62. The van der Waals surface area contributed by atoms with Crippen molar-refractivity contribution in [3.63, 3.8) is 0 Å². The summed E-state index contributed by atoms with van der Waals surface area (Å²) in [6, 6.07) is 10.7. The van der Waals surface area contributed by atoms with Gasteiger partial charge in [-0.05, 0) is 37.6 Å². The van der Waals surface area contributed by atoms with Crippen LogP contribution in [0.5, 0.6) is 0 Å². The van der Waals surface area contributed by atoms with Crippen molar-refractivity contribution in [1.29, 1.82) is 0 Å². The zero-order valence-electron chi connectivity index (χ0n) is 19.3. The number of amides is 1. The molecule has 4 aromatic rings. The van der Waals surface area contributed by atoms with E-state index in [1.54, 1.807) is 39.2 Å². The van der Waals surface area contributed by atoms with Gasteiger partial charge in [0.05, 0.1) is 28.4 Å². The minimum atomic E-state index is -0.691. The van der Waals surface area contributed by atoms with Gasteiger partial charge in [0.1, 0.15) is 0 Å². The third-order valence-corrected chi connectivity index (χ3v) is 5.90. The standard InChI is InChI=1S/C24H28N6O4/c1-14(13-31)21(32)8-9-30-20-7-5-4-6-18(20)27-24(30)28-22(33)16-10-15(2)26-19(11-16)17-12-25-29(3)23(17)34/h4-7,10-12,14,21,25,31-32H,8-9,13H2,1-3H3,(H,27,28,33)/t14-,21-/m1/s1. The molecule has 0 unspecified atom stereocenters. The predicted octanol–water partition coefficient (Wildman–Crippen LogP) is 2.07. The number of nitrogens with one attached hydrogen (secondary N) is 2. The maximum Gasteiger partial charge on any atom is 0.275 e. The van der Waals surface area contributed by atoms with E-state index in [-0.39, 0.29) is 24.0 Å². The van der Waals surface area contributed by atoms with Gasteiger partial charge in [-0.15, -0.1) is 0 Å². The second-order valence-electron chi connectivity index (χ2n) is 8.48. The molecule has 0 fully saturated rings. The number of pyridine rings is 1. The molecule has 2 atom stereocenters. The summed E-state index contributed by atoms with van der Waals surface area (Å²) in [7, 11) is 1.61. The predicted molar refractivity (Wildman–Crippen MR) is 129 cm³/mol. The van der Waals surface area contributed by atoms with Crippen molar-refractivity contribution < 1.29 is 15.0 Å². The van der Waals surface area contributed by atoms with E-state index < -0.39 is 6.10 Å². The molecule has 178 valence electrons. The van der Waals surface area contributed by atoms with Gasteiger partial charge in [0.15, 0.2) is 0 Å². The molecule has 0 bridgehead atoms. The Kier molecular flexibility index (Phi) is 6.62. The van der Waals surface area contributed by atoms with E-state index in [1.807, 2.05) is 28.8 Å². The number of aliphatic hydroxyl groups excluding tert-OH is 2. The van der Waals surface area contributed by atoms with Crippen molar-refractivity contribution >= 4 is 22.9 Å². The normalized spacial score (nSPS) is 13.2. The highest BCUT2D eigenvalue weighted by Gasteiger charge is 2.19. The SMILES string of the molecule is Cc1cc(C(=O)Nc2nc3ccccc3n2CC[C@@H](O)[C@H](C)CO)cc(-c2c[nH]n(C)c2=O)n1. The molecule has 0 radical (unpaired) electrons. The van der Waals surface area contributed by atoms with Gasteiger partial charge in [0.2, 0.25) is 5.95 Å². The van der Waals surface area contributed by atoms with Crippen molar-refractivity contribution in [2.45, 2.75) is 32.9 Å². The maximum absolute atomic E-state index is 13.2. The Labute approximate surface area is 195 Å². The average molecular weight is 465 g/mol. The van der Waals surface area contributed by atoms with E-state index in [1.165, 1.54) is 4.68 Å². The zero-order valence-corrected chi connectivity index (χ0v) is 19.3. The average Bonchev–Trinajstić information content (AvgIpc) is 3.35. The summed E-state index contributed by atoms with van der Waals surface area (Å²) >= 11 is 0. The molecule has 0 aliphatic rings. The number of aromatic nitrogens is 5. The number of rotatable bonds is 8. The lowest BCUT2D eigenvalue weighted by molar-refractivity contribution is 0.0676. The van der Waals surface area contributed by atoms with Crippen LogP contribution in [0.25, 0.3) is 22.3 Å². The van der Waals surface area contributed by atoms with Crippen molar-refractivity contribution in [3.05, 3.63) is 64.2 Å². The van der Waals surface area contributed by atoms with Gasteiger partial charge >= 0.3 is 0 Å². The highest BCUT2D eigenvalue weighted by molar-refractivity contribution is 6.04. The molecule has 3 aromatic heterocycles. The third kappa shape index (κ3) is 4.63. The molecule has 10 heteroatoms. The smallest absolute Gasteiger partial charge is 0.275 e. The number of para-hydroxylation sites is 2. The fourth-order valence-electron chi connectivity index (χ4n) is 3.82. The Morgan fingerprint density at radius 1 is 1.24 bits per heavy atom. The first-order valence-electron chi connectivity index (χ1n) is 11.1. The highest BCUT2D eigenvalue weighted by Crippen LogP contribution is 2.23. The summed E-state index contributed by atoms with van der Waals surface area (Å²) in [6.45, 7) is 3.84. The number of imidazole rings is 1. The Bertz CT molecular complexity index is 1390. The lowest BCUT2D eigenvalue weighted by atomic mass is 10.0. The maximum atomic E-state index is 13.2. The Morgan fingerprint density at radius 3 is 2.71 bits per heavy atom. The number of hydrogen-bond donors (Lipinski definition) is 4. The summed E-state index contributed by atoms with van der Waals surface area (Å²) in [6.07, 6.45) is 1.26. The monoisotopic (exact) mass is 464 g/mol. The van der Waals surface area contributed by atoms with Gasteiger partial charge in [0.25, 0.3) is 11.5 Å². The van der Waals surface area contributed by atoms with Crippen LogP contribution in [-0.2, 0) is 13.6 Å². The van der Waals surface area contributed by atoms with Crippen molar-refractivity contribution in [3.8, 4) is 11.3 Å². The van der Waals surface area contributed by atoms with E-state index in [0.717, 1.165) is 5.52 Å². The van der Waals surface area contributed by atoms with E-state index in [9.17, 15) is 19.8 Å². The molecule has 10 nitrogen and oxygen atoms in total. The quantitative estimate of drug-likeness (QED) is 0.315. The van der Waals surface area contributed by atoms with Crippen molar-refractivity contribution in [2.24, 2.45) is 13.0 Å². The number of aryl methyl sites for hydroxylation is 3. The summed E-state index contributed by atoms with van der Waals surface area (Å²) in [4.78, 5) is 34.5. The van der Waals surface area contributed by atoms with Crippen LogP contribution in [0, 0.1) is 12.8 Å². The first-order valence-corrected chi connectivity index (χ1v) is 11.1. The molecule has 0 spiro atoms. The molecular weight excluding hydrogens is 436 g/mol. The number of H-pyrrole nitrogens is 1. The third-order valence-electron chi connectivity index (χ3n) is 5.90. The number of aliphatic hydroxyl groups is 2. The van der Waals surface area contributed by atoms with Crippen LogP contribution >= 0.6 is 0 Å². The Balaban J connectivity index is 1.64. The number of carbonyl (C=O) groups excluding carboxylic acids is 1. The molecule has 0 aliphatic carbocycles. The number of hydrogen-bond acceptors (Lipinski definition) is 6. The molecule has 34 heavy (non-hydrogen) atoms. The van der Waals surface area contributed by atoms with Crippen molar-refractivity contribution in [1.82, 2.24) is 24.3 Å². The molecule has 4 N–H and O–H groups in total. The van der Waals surface area contributed by atoms with Gasteiger partial charge in [-0.3, -0.25) is 24.6 Å². The molecule has 4 rings (SSSR count). The lowest BCUT2D eigenvalue weighted by Crippen LogP contribution is -2.23. The minimum Gasteiger partial charge on any atom is -0.396 e. The number of nitrogens with zero attached hydrogens (tertiary/aromatic N) is 4. The Hall–Kier alpha value is -3.76. The lowest BCUT2D eigenvalue weighted by Gasteiger charge is -2.18. The molecule has 1 aromatic carbocycles. The summed E-state index contributed by atoms with van der Waals surface area (Å²) in [5, 5.41) is 25.3. The number of benzene rings is 1. The molecular formula is C24H28N6O4. The molecule has 1 amide bonds. The van der Waals surface area contributed by atoms with E-state index in [0.29, 0.717) is 46.9 Å².